The Hall–Kier alpha value is -1.40. The molecule has 0 bridgehead atoms. The summed E-state index contributed by atoms with van der Waals surface area (Å²) < 4.78 is 5.50. The summed E-state index contributed by atoms with van der Waals surface area (Å²) in [7, 11) is 0. The van der Waals surface area contributed by atoms with Crippen molar-refractivity contribution in [2.24, 2.45) is 0 Å². The second-order valence-corrected chi connectivity index (χ2v) is 23.2. The van der Waals surface area contributed by atoms with Crippen molar-refractivity contribution in [1.82, 2.24) is 5.32 Å². The summed E-state index contributed by atoms with van der Waals surface area (Å²) in [5.41, 5.74) is 0. The molecule has 0 saturated carbocycles. The van der Waals surface area contributed by atoms with E-state index >= 15 is 0 Å². The number of aliphatic hydroxyl groups excluding tert-OH is 2. The fraction of sp³-hybridized carbons (Fsp3) is 0.940. The van der Waals surface area contributed by atoms with Crippen LogP contribution in [-0.2, 0) is 14.3 Å². The summed E-state index contributed by atoms with van der Waals surface area (Å²) in [5.74, 6) is -0.0283. The predicted octanol–water partition coefficient (Wildman–Crippen LogP) is 21.2. The first kappa shape index (κ1) is 71.6. The topological polar surface area (TPSA) is 95.9 Å². The molecule has 0 saturated heterocycles. The van der Waals surface area contributed by atoms with Gasteiger partial charge in [-0.15, -0.1) is 0 Å². The quantitative estimate of drug-likeness (QED) is 0.0320. The van der Waals surface area contributed by atoms with Crippen molar-refractivity contribution in [3.8, 4) is 0 Å². The van der Waals surface area contributed by atoms with E-state index in [0.717, 1.165) is 38.5 Å². The van der Waals surface area contributed by atoms with E-state index in [1.807, 2.05) is 0 Å². The number of ether oxygens (including phenoxy) is 1. The average Bonchev–Trinajstić information content (AvgIpc) is 3.39. The first-order chi connectivity index (χ1) is 36.0. The van der Waals surface area contributed by atoms with Gasteiger partial charge in [-0.25, -0.2) is 0 Å². The third-order valence-corrected chi connectivity index (χ3v) is 15.8. The van der Waals surface area contributed by atoms with E-state index in [4.69, 9.17) is 4.74 Å². The van der Waals surface area contributed by atoms with Crippen LogP contribution in [0, 0.1) is 0 Å². The van der Waals surface area contributed by atoms with Gasteiger partial charge in [-0.05, 0) is 51.4 Å². The van der Waals surface area contributed by atoms with Crippen molar-refractivity contribution in [2.45, 2.75) is 392 Å². The Balaban J connectivity index is 3.41. The van der Waals surface area contributed by atoms with E-state index in [0.29, 0.717) is 25.9 Å². The minimum absolute atomic E-state index is 0.0113. The average molecular weight is 1030 g/mol. The van der Waals surface area contributed by atoms with E-state index < -0.39 is 12.1 Å². The molecule has 6 heteroatoms. The summed E-state index contributed by atoms with van der Waals surface area (Å²) in [6.07, 6.45) is 76.6. The van der Waals surface area contributed by atoms with E-state index in [1.165, 1.54) is 308 Å². The van der Waals surface area contributed by atoms with Crippen LogP contribution in [0.4, 0.5) is 0 Å². The van der Waals surface area contributed by atoms with Gasteiger partial charge in [0.1, 0.15) is 0 Å². The van der Waals surface area contributed by atoms with Crippen LogP contribution in [0.15, 0.2) is 12.2 Å². The number of allylic oxidation sites excluding steroid dienone is 2. The van der Waals surface area contributed by atoms with Gasteiger partial charge in [-0.1, -0.05) is 328 Å². The lowest BCUT2D eigenvalue weighted by atomic mass is 10.0. The summed E-state index contributed by atoms with van der Waals surface area (Å²) in [6, 6.07) is -0.548. The van der Waals surface area contributed by atoms with E-state index in [-0.39, 0.29) is 18.5 Å². The third-order valence-electron chi connectivity index (χ3n) is 15.8. The number of amides is 1. The SMILES string of the molecule is CCCCCCCCCCCCCCCCCCCCCC(O)C(CO)NC(=O)CCCCCCCCC/C=C\CCCCCCCCCCCOC(=O)CCCCCCCCCCCCCCCCCCC. The van der Waals surface area contributed by atoms with Crippen molar-refractivity contribution in [1.29, 1.82) is 0 Å². The molecule has 0 radical (unpaired) electrons. The molecular formula is C67H131NO5. The molecule has 0 aromatic carbocycles. The number of aliphatic hydroxyl groups is 2. The Kier molecular flexibility index (Phi) is 61.9. The Morgan fingerprint density at radius 3 is 0.973 bits per heavy atom. The van der Waals surface area contributed by atoms with Gasteiger partial charge in [-0.3, -0.25) is 9.59 Å². The summed E-state index contributed by atoms with van der Waals surface area (Å²) in [5, 5.41) is 23.4. The van der Waals surface area contributed by atoms with Crippen molar-refractivity contribution in [3.05, 3.63) is 12.2 Å². The van der Waals surface area contributed by atoms with Crippen molar-refractivity contribution >= 4 is 11.9 Å². The summed E-state index contributed by atoms with van der Waals surface area (Å²) >= 11 is 0. The Morgan fingerprint density at radius 2 is 0.644 bits per heavy atom. The fourth-order valence-electron chi connectivity index (χ4n) is 10.7. The molecule has 0 aliphatic heterocycles. The first-order valence-corrected chi connectivity index (χ1v) is 33.4. The summed E-state index contributed by atoms with van der Waals surface area (Å²) in [4.78, 5) is 24.6. The van der Waals surface area contributed by atoms with Gasteiger partial charge < -0.3 is 20.3 Å². The van der Waals surface area contributed by atoms with Gasteiger partial charge >= 0.3 is 5.97 Å². The Morgan fingerprint density at radius 1 is 0.370 bits per heavy atom. The Labute approximate surface area is 457 Å². The van der Waals surface area contributed by atoms with Gasteiger partial charge in [0.25, 0.3) is 0 Å². The number of rotatable bonds is 63. The molecule has 73 heavy (non-hydrogen) atoms. The highest BCUT2D eigenvalue weighted by molar-refractivity contribution is 5.76. The molecule has 0 aliphatic carbocycles. The number of hydrogen-bond acceptors (Lipinski definition) is 5. The molecule has 434 valence electrons. The normalized spacial score (nSPS) is 12.5. The smallest absolute Gasteiger partial charge is 0.305 e. The van der Waals surface area contributed by atoms with Crippen LogP contribution in [0.25, 0.3) is 0 Å². The van der Waals surface area contributed by atoms with Gasteiger partial charge in [0.05, 0.1) is 25.4 Å². The summed E-state index contributed by atoms with van der Waals surface area (Å²) in [6.45, 7) is 4.98. The maximum atomic E-state index is 12.5. The van der Waals surface area contributed by atoms with Crippen LogP contribution in [0.2, 0.25) is 0 Å². The number of nitrogens with one attached hydrogen (secondary N) is 1. The number of hydrogen-bond donors (Lipinski definition) is 3. The molecule has 1 amide bonds. The van der Waals surface area contributed by atoms with Crippen LogP contribution < -0.4 is 5.32 Å². The Bertz CT molecular complexity index is 1100. The minimum Gasteiger partial charge on any atom is -0.466 e. The lowest BCUT2D eigenvalue weighted by Gasteiger charge is -2.22. The van der Waals surface area contributed by atoms with Crippen LogP contribution in [-0.4, -0.2) is 47.4 Å². The van der Waals surface area contributed by atoms with E-state index in [2.05, 4.69) is 31.3 Å². The standard InChI is InChI=1S/C67H131NO5/c1-3-5-7-9-11-13-15-17-19-21-24-28-31-35-39-43-47-51-55-59-65(70)64(63-69)68-66(71)60-56-52-48-44-40-36-32-29-25-22-23-26-30-34-38-42-46-50-54-58-62-73-67(72)61-57-53-49-45-41-37-33-27-20-18-16-14-12-10-8-6-4-2/h22,25,64-65,69-70H,3-21,23-24,26-63H2,1-2H3,(H,68,71)/b25-22-. The highest BCUT2D eigenvalue weighted by Gasteiger charge is 2.20. The molecule has 0 spiro atoms. The molecule has 0 heterocycles. The van der Waals surface area contributed by atoms with Gasteiger partial charge in [0.2, 0.25) is 5.91 Å². The minimum atomic E-state index is -0.670. The molecule has 0 aromatic heterocycles. The monoisotopic (exact) mass is 1030 g/mol. The largest absolute Gasteiger partial charge is 0.466 e. The molecule has 3 N–H and O–H groups in total. The molecule has 6 nitrogen and oxygen atoms in total. The van der Waals surface area contributed by atoms with Crippen LogP contribution >= 0.6 is 0 Å². The molecule has 0 aromatic rings. The van der Waals surface area contributed by atoms with Crippen molar-refractivity contribution in [3.63, 3.8) is 0 Å². The zero-order chi connectivity index (χ0) is 52.9. The van der Waals surface area contributed by atoms with Gasteiger partial charge in [0, 0.05) is 12.8 Å². The maximum absolute atomic E-state index is 12.5. The number of carbonyl (C=O) groups excluding carboxylic acids is 2. The van der Waals surface area contributed by atoms with Crippen molar-refractivity contribution in [2.75, 3.05) is 13.2 Å². The first-order valence-electron chi connectivity index (χ1n) is 33.4. The van der Waals surface area contributed by atoms with Crippen LogP contribution in [0.5, 0.6) is 0 Å². The highest BCUT2D eigenvalue weighted by Crippen LogP contribution is 2.19. The zero-order valence-corrected chi connectivity index (χ0v) is 49.6. The third kappa shape index (κ3) is 59.7. The lowest BCUT2D eigenvalue weighted by molar-refractivity contribution is -0.143. The van der Waals surface area contributed by atoms with Gasteiger partial charge in [-0.2, -0.15) is 0 Å². The molecule has 2 atom stereocenters. The molecule has 0 fully saturated rings. The lowest BCUT2D eigenvalue weighted by Crippen LogP contribution is -2.45. The maximum Gasteiger partial charge on any atom is 0.305 e. The number of esters is 1. The number of unbranched alkanes of at least 4 members (excludes halogenated alkanes) is 50. The molecule has 2 unspecified atom stereocenters. The molecule has 0 aliphatic rings. The van der Waals surface area contributed by atoms with Crippen LogP contribution in [0.3, 0.4) is 0 Å². The highest BCUT2D eigenvalue weighted by atomic mass is 16.5. The number of carbonyl (C=O) groups is 2. The zero-order valence-electron chi connectivity index (χ0n) is 49.6. The van der Waals surface area contributed by atoms with Gasteiger partial charge in [0.15, 0.2) is 0 Å². The van der Waals surface area contributed by atoms with E-state index in [1.54, 1.807) is 0 Å². The van der Waals surface area contributed by atoms with Crippen molar-refractivity contribution < 1.29 is 24.5 Å². The molecule has 0 rings (SSSR count). The predicted molar refractivity (Wildman–Crippen MR) is 320 cm³/mol. The van der Waals surface area contributed by atoms with E-state index in [9.17, 15) is 19.8 Å². The second kappa shape index (κ2) is 63.1. The fourth-order valence-corrected chi connectivity index (χ4v) is 10.7. The second-order valence-electron chi connectivity index (χ2n) is 23.2. The molecular weight excluding hydrogens is 899 g/mol. The van der Waals surface area contributed by atoms with Crippen LogP contribution in [0.1, 0.15) is 380 Å².